The van der Waals surface area contributed by atoms with Gasteiger partial charge in [0.1, 0.15) is 0 Å². The molecule has 24 heavy (non-hydrogen) atoms. The monoisotopic (exact) mass is 341 g/mol. The van der Waals surface area contributed by atoms with Crippen LogP contribution in [0.4, 0.5) is 0 Å². The van der Waals surface area contributed by atoms with Gasteiger partial charge in [-0.25, -0.2) is 17.8 Å². The highest BCUT2D eigenvalue weighted by molar-refractivity contribution is 7.89. The number of aryl methyl sites for hydroxylation is 2. The van der Waals surface area contributed by atoms with Crippen LogP contribution in [0.5, 0.6) is 0 Å². The van der Waals surface area contributed by atoms with Gasteiger partial charge >= 0.3 is 0 Å². The van der Waals surface area contributed by atoms with Gasteiger partial charge in [0.25, 0.3) is 0 Å². The molecule has 0 bridgehead atoms. The molecule has 3 rings (SSSR count). The van der Waals surface area contributed by atoms with E-state index in [1.54, 1.807) is 23.0 Å². The Morgan fingerprint density at radius 1 is 1.04 bits per heavy atom. The van der Waals surface area contributed by atoms with Crippen molar-refractivity contribution in [1.82, 2.24) is 14.5 Å². The fourth-order valence-electron chi connectivity index (χ4n) is 2.33. The van der Waals surface area contributed by atoms with Crippen molar-refractivity contribution in [2.45, 2.75) is 25.3 Å². The molecule has 0 aliphatic heterocycles. The first-order valence-corrected chi connectivity index (χ1v) is 9.10. The van der Waals surface area contributed by atoms with Crippen molar-refractivity contribution < 1.29 is 8.42 Å². The first kappa shape index (κ1) is 16.4. The van der Waals surface area contributed by atoms with Crippen molar-refractivity contribution in [1.29, 1.82) is 0 Å². The fourth-order valence-corrected chi connectivity index (χ4v) is 3.43. The summed E-state index contributed by atoms with van der Waals surface area (Å²) >= 11 is 0. The molecule has 0 aliphatic carbocycles. The molecule has 0 saturated heterocycles. The molecule has 124 valence electrons. The highest BCUT2D eigenvalue weighted by Crippen LogP contribution is 2.15. The summed E-state index contributed by atoms with van der Waals surface area (Å²) in [4.78, 5) is 0.291. The van der Waals surface area contributed by atoms with E-state index in [-0.39, 0.29) is 6.54 Å². The first-order valence-electron chi connectivity index (χ1n) is 7.61. The topological polar surface area (TPSA) is 64.0 Å². The maximum atomic E-state index is 12.4. The zero-order valence-corrected chi connectivity index (χ0v) is 14.4. The molecule has 0 unspecified atom stereocenters. The minimum atomic E-state index is -3.52. The van der Waals surface area contributed by atoms with Crippen molar-refractivity contribution in [3.8, 4) is 5.69 Å². The minimum absolute atomic E-state index is 0.245. The number of hydrogen-bond acceptors (Lipinski definition) is 3. The maximum absolute atomic E-state index is 12.4. The minimum Gasteiger partial charge on any atom is -0.241 e. The molecule has 3 aromatic rings. The number of aromatic nitrogens is 2. The van der Waals surface area contributed by atoms with E-state index in [1.165, 1.54) is 0 Å². The van der Waals surface area contributed by atoms with Crippen molar-refractivity contribution in [2.24, 2.45) is 0 Å². The zero-order valence-electron chi connectivity index (χ0n) is 13.6. The largest absolute Gasteiger partial charge is 0.241 e. The molecular weight excluding hydrogens is 322 g/mol. The molecule has 5 nitrogen and oxygen atoms in total. The quantitative estimate of drug-likeness (QED) is 0.776. The summed E-state index contributed by atoms with van der Waals surface area (Å²) in [6.07, 6.45) is 3.57. The van der Waals surface area contributed by atoms with Gasteiger partial charge in [-0.2, -0.15) is 5.10 Å². The third-order valence-corrected chi connectivity index (χ3v) is 5.36. The molecule has 0 aliphatic rings. The normalized spacial score (nSPS) is 11.6. The number of benzene rings is 2. The highest BCUT2D eigenvalue weighted by Gasteiger charge is 2.14. The van der Waals surface area contributed by atoms with Crippen LogP contribution in [0.25, 0.3) is 5.69 Å². The lowest BCUT2D eigenvalue weighted by Gasteiger charge is -2.09. The van der Waals surface area contributed by atoms with E-state index in [4.69, 9.17) is 0 Å². The standard InChI is InChI=1S/C18H19N3O2S/c1-14-4-9-18(12-15(14)2)24(22,23)20-13-16-5-7-17(8-6-16)21-11-3-10-19-21/h3-12,20H,13H2,1-2H3. The van der Waals surface area contributed by atoms with Crippen molar-refractivity contribution >= 4 is 10.0 Å². The number of sulfonamides is 1. The van der Waals surface area contributed by atoms with Crippen LogP contribution in [0.3, 0.4) is 0 Å². The summed E-state index contributed by atoms with van der Waals surface area (Å²) in [5.41, 5.74) is 3.85. The average Bonchev–Trinajstić information content (AvgIpc) is 3.10. The van der Waals surface area contributed by atoms with E-state index in [0.717, 1.165) is 22.4 Å². The molecule has 1 aromatic heterocycles. The zero-order chi connectivity index (χ0) is 17.2. The second-order valence-electron chi connectivity index (χ2n) is 5.69. The molecule has 0 fully saturated rings. The summed E-state index contributed by atoms with van der Waals surface area (Å²) in [6, 6.07) is 14.6. The van der Waals surface area contributed by atoms with Gasteiger partial charge in [0.15, 0.2) is 0 Å². The Hall–Kier alpha value is -2.44. The second kappa shape index (κ2) is 6.59. The first-order chi connectivity index (χ1) is 11.5. The Morgan fingerprint density at radius 3 is 2.42 bits per heavy atom. The third kappa shape index (κ3) is 3.55. The van der Waals surface area contributed by atoms with Crippen LogP contribution < -0.4 is 4.72 Å². The second-order valence-corrected chi connectivity index (χ2v) is 7.45. The molecule has 6 heteroatoms. The van der Waals surface area contributed by atoms with Gasteiger partial charge in [0, 0.05) is 18.9 Å². The predicted octanol–water partition coefficient (Wildman–Crippen LogP) is 2.97. The molecule has 2 aromatic carbocycles. The molecule has 0 radical (unpaired) electrons. The summed E-state index contributed by atoms with van der Waals surface area (Å²) in [7, 11) is -3.52. The van der Waals surface area contributed by atoms with Crippen LogP contribution in [-0.4, -0.2) is 18.2 Å². The SMILES string of the molecule is Cc1ccc(S(=O)(=O)NCc2ccc(-n3cccn3)cc2)cc1C. The Balaban J connectivity index is 1.71. The van der Waals surface area contributed by atoms with Gasteiger partial charge in [-0.15, -0.1) is 0 Å². The van der Waals surface area contributed by atoms with Gasteiger partial charge in [0.05, 0.1) is 10.6 Å². The molecule has 0 spiro atoms. The van der Waals surface area contributed by atoms with E-state index in [0.29, 0.717) is 4.90 Å². The van der Waals surface area contributed by atoms with Crippen LogP contribution in [0, 0.1) is 13.8 Å². The predicted molar refractivity (Wildman–Crippen MR) is 93.5 cm³/mol. The smallest absolute Gasteiger partial charge is 0.240 e. The number of rotatable bonds is 5. The van der Waals surface area contributed by atoms with Gasteiger partial charge in [-0.05, 0) is 60.9 Å². The fraction of sp³-hybridized carbons (Fsp3) is 0.167. The molecular formula is C18H19N3O2S. The van der Waals surface area contributed by atoms with Crippen LogP contribution >= 0.6 is 0 Å². The Labute approximate surface area is 142 Å². The maximum Gasteiger partial charge on any atom is 0.240 e. The molecule has 1 N–H and O–H groups in total. The molecule has 0 saturated carbocycles. The van der Waals surface area contributed by atoms with Gasteiger partial charge in [0.2, 0.25) is 10.0 Å². The van der Waals surface area contributed by atoms with Crippen molar-refractivity contribution in [2.75, 3.05) is 0 Å². The van der Waals surface area contributed by atoms with Crippen LogP contribution in [0.1, 0.15) is 16.7 Å². The Morgan fingerprint density at radius 2 is 1.79 bits per heavy atom. The van der Waals surface area contributed by atoms with E-state index < -0.39 is 10.0 Å². The average molecular weight is 341 g/mol. The third-order valence-electron chi connectivity index (χ3n) is 3.96. The van der Waals surface area contributed by atoms with Gasteiger partial charge in [-0.3, -0.25) is 0 Å². The summed E-state index contributed by atoms with van der Waals surface area (Å²) in [5.74, 6) is 0. The van der Waals surface area contributed by atoms with Crippen LogP contribution in [0.2, 0.25) is 0 Å². The van der Waals surface area contributed by atoms with Crippen molar-refractivity contribution in [3.05, 3.63) is 77.6 Å². The number of nitrogens with one attached hydrogen (secondary N) is 1. The highest BCUT2D eigenvalue weighted by atomic mass is 32.2. The summed E-state index contributed by atoms with van der Waals surface area (Å²) in [6.45, 7) is 4.11. The van der Waals surface area contributed by atoms with Crippen molar-refractivity contribution in [3.63, 3.8) is 0 Å². The Bertz CT molecular complexity index is 931. The Kier molecular flexibility index (Phi) is 4.51. The summed E-state index contributed by atoms with van der Waals surface area (Å²) < 4.78 is 29.2. The number of nitrogens with zero attached hydrogens (tertiary/aromatic N) is 2. The lowest BCUT2D eigenvalue weighted by Crippen LogP contribution is -2.23. The molecule has 0 atom stereocenters. The van der Waals surface area contributed by atoms with Gasteiger partial charge < -0.3 is 0 Å². The lowest BCUT2D eigenvalue weighted by atomic mass is 10.1. The van der Waals surface area contributed by atoms with Crippen LogP contribution in [-0.2, 0) is 16.6 Å². The lowest BCUT2D eigenvalue weighted by molar-refractivity contribution is 0.581. The van der Waals surface area contributed by atoms with E-state index in [2.05, 4.69) is 9.82 Å². The van der Waals surface area contributed by atoms with E-state index >= 15 is 0 Å². The molecule has 1 heterocycles. The van der Waals surface area contributed by atoms with Crippen LogP contribution in [0.15, 0.2) is 65.8 Å². The number of hydrogen-bond donors (Lipinski definition) is 1. The summed E-state index contributed by atoms with van der Waals surface area (Å²) in [5, 5.41) is 4.16. The van der Waals surface area contributed by atoms with E-state index in [9.17, 15) is 8.42 Å². The van der Waals surface area contributed by atoms with Gasteiger partial charge in [-0.1, -0.05) is 18.2 Å². The van der Waals surface area contributed by atoms with E-state index in [1.807, 2.05) is 56.4 Å². The molecule has 0 amide bonds.